The van der Waals surface area contributed by atoms with E-state index in [4.69, 9.17) is 9.84 Å². The molecule has 0 bridgehead atoms. The number of carboxylic acid groups (broad SMARTS) is 1. The van der Waals surface area contributed by atoms with Crippen molar-refractivity contribution in [3.8, 4) is 0 Å². The molecular weight excluding hydrogens is 360 g/mol. The van der Waals surface area contributed by atoms with Crippen LogP contribution in [-0.4, -0.2) is 17.9 Å². The van der Waals surface area contributed by atoms with Gasteiger partial charge in [-0.25, -0.2) is 4.79 Å². The first-order valence-corrected chi connectivity index (χ1v) is 11.2. The Bertz CT molecular complexity index is 724. The molecule has 0 saturated carbocycles. The summed E-state index contributed by atoms with van der Waals surface area (Å²) in [5.74, 6) is 0.342. The third-order valence-electron chi connectivity index (χ3n) is 5.58. The van der Waals surface area contributed by atoms with E-state index < -0.39 is 6.16 Å². The summed E-state index contributed by atoms with van der Waals surface area (Å²) >= 11 is 0. The molecule has 0 spiro atoms. The van der Waals surface area contributed by atoms with Gasteiger partial charge in [0, 0.05) is 5.92 Å². The van der Waals surface area contributed by atoms with Gasteiger partial charge in [0.1, 0.15) is 0 Å². The maximum Gasteiger partial charge on any atom is 0.505 e. The first kappa shape index (κ1) is 23.0. The van der Waals surface area contributed by atoms with E-state index in [1.54, 1.807) is 5.56 Å². The topological polar surface area (TPSA) is 46.5 Å². The Morgan fingerprint density at radius 3 is 2.31 bits per heavy atom. The molecule has 2 aromatic carbocycles. The Hall–Kier alpha value is -2.29. The number of aryl methyl sites for hydroxylation is 1. The normalized spacial score (nSPS) is 11.9. The van der Waals surface area contributed by atoms with Crippen LogP contribution < -0.4 is 0 Å². The minimum Gasteiger partial charge on any atom is -0.450 e. The van der Waals surface area contributed by atoms with Gasteiger partial charge in [0.15, 0.2) is 0 Å². The number of hydrogen-bond acceptors (Lipinski definition) is 2. The van der Waals surface area contributed by atoms with Gasteiger partial charge >= 0.3 is 6.16 Å². The van der Waals surface area contributed by atoms with Crippen LogP contribution in [0, 0.1) is 0 Å². The van der Waals surface area contributed by atoms with Crippen LogP contribution in [0.15, 0.2) is 48.5 Å². The van der Waals surface area contributed by atoms with E-state index in [1.807, 2.05) is 0 Å². The lowest BCUT2D eigenvalue weighted by molar-refractivity contribution is 0.0899. The Balaban J connectivity index is 2.29. The predicted molar refractivity (Wildman–Crippen MR) is 120 cm³/mol. The van der Waals surface area contributed by atoms with E-state index in [1.165, 1.54) is 42.4 Å². The Labute approximate surface area is 176 Å². The minimum absolute atomic E-state index is 0.274. The lowest BCUT2D eigenvalue weighted by Gasteiger charge is -2.24. The number of rotatable bonds is 13. The number of benzene rings is 2. The molecule has 1 unspecified atom stereocenters. The van der Waals surface area contributed by atoms with E-state index in [0.29, 0.717) is 5.92 Å². The smallest absolute Gasteiger partial charge is 0.450 e. The summed E-state index contributed by atoms with van der Waals surface area (Å²) in [7, 11) is 0. The molecule has 0 radical (unpaired) electrons. The van der Waals surface area contributed by atoms with Crippen LogP contribution >= 0.6 is 0 Å². The lowest BCUT2D eigenvalue weighted by Crippen LogP contribution is -2.09. The molecule has 0 heterocycles. The van der Waals surface area contributed by atoms with Crippen LogP contribution in [0.4, 0.5) is 4.79 Å². The molecule has 1 N–H and O–H groups in total. The molecule has 0 aromatic heterocycles. The van der Waals surface area contributed by atoms with Crippen molar-refractivity contribution in [3.05, 3.63) is 70.8 Å². The van der Waals surface area contributed by atoms with Crippen LogP contribution in [0.1, 0.15) is 87.0 Å². The van der Waals surface area contributed by atoms with Gasteiger partial charge in [-0.2, -0.15) is 0 Å². The zero-order valence-corrected chi connectivity index (χ0v) is 18.0. The van der Waals surface area contributed by atoms with E-state index in [0.717, 1.165) is 32.1 Å². The first-order valence-electron chi connectivity index (χ1n) is 11.2. The summed E-state index contributed by atoms with van der Waals surface area (Å²) in [5.41, 5.74) is 5.85. The molecule has 1 atom stereocenters. The molecule has 0 aliphatic rings. The van der Waals surface area contributed by atoms with Crippen molar-refractivity contribution in [2.45, 2.75) is 77.6 Å². The first-order chi connectivity index (χ1) is 14.2. The molecule has 0 aliphatic carbocycles. The third kappa shape index (κ3) is 7.56. The average Bonchev–Trinajstić information content (AvgIpc) is 2.74. The highest BCUT2D eigenvalue weighted by Gasteiger charge is 2.19. The third-order valence-corrected chi connectivity index (χ3v) is 5.58. The van der Waals surface area contributed by atoms with Crippen molar-refractivity contribution < 1.29 is 14.6 Å². The van der Waals surface area contributed by atoms with Crippen LogP contribution in [0.2, 0.25) is 0 Å². The van der Waals surface area contributed by atoms with Crippen molar-refractivity contribution in [1.29, 1.82) is 0 Å². The monoisotopic (exact) mass is 396 g/mol. The molecular formula is C26H36O3. The fraction of sp³-hybridized carbons (Fsp3) is 0.500. The van der Waals surface area contributed by atoms with Crippen LogP contribution in [0.3, 0.4) is 0 Å². The highest BCUT2D eigenvalue weighted by molar-refractivity contribution is 5.56. The summed E-state index contributed by atoms with van der Waals surface area (Å²) in [5, 5.41) is 8.68. The summed E-state index contributed by atoms with van der Waals surface area (Å²) < 4.78 is 4.69. The molecule has 158 valence electrons. The summed E-state index contributed by atoms with van der Waals surface area (Å²) in [6.45, 7) is 4.78. The molecule has 0 fully saturated rings. The van der Waals surface area contributed by atoms with Gasteiger partial charge in [-0.05, 0) is 67.2 Å². The Kier molecular flexibility index (Phi) is 10.3. The van der Waals surface area contributed by atoms with Gasteiger partial charge in [0.25, 0.3) is 0 Å². The van der Waals surface area contributed by atoms with Crippen molar-refractivity contribution >= 4 is 6.16 Å². The quantitative estimate of drug-likeness (QED) is 0.284. The lowest BCUT2D eigenvalue weighted by atomic mass is 9.81. The van der Waals surface area contributed by atoms with Crippen molar-refractivity contribution in [3.63, 3.8) is 0 Å². The Morgan fingerprint density at radius 1 is 0.897 bits per heavy atom. The van der Waals surface area contributed by atoms with E-state index in [2.05, 4.69) is 62.4 Å². The van der Waals surface area contributed by atoms with Gasteiger partial charge in [-0.1, -0.05) is 75.2 Å². The fourth-order valence-electron chi connectivity index (χ4n) is 4.04. The summed E-state index contributed by atoms with van der Waals surface area (Å²) in [4.78, 5) is 10.6. The van der Waals surface area contributed by atoms with Gasteiger partial charge in [0.05, 0.1) is 6.61 Å². The molecule has 3 heteroatoms. The highest BCUT2D eigenvalue weighted by Crippen LogP contribution is 2.34. The van der Waals surface area contributed by atoms with Crippen LogP contribution in [0.25, 0.3) is 0 Å². The highest BCUT2D eigenvalue weighted by atomic mass is 16.7. The van der Waals surface area contributed by atoms with E-state index in [9.17, 15) is 4.79 Å². The second kappa shape index (κ2) is 13.0. The average molecular weight is 397 g/mol. The van der Waals surface area contributed by atoms with Crippen molar-refractivity contribution in [2.24, 2.45) is 0 Å². The molecule has 0 aliphatic heterocycles. The number of carbonyl (C=O) groups is 1. The summed E-state index contributed by atoms with van der Waals surface area (Å²) in [6, 6.07) is 17.6. The van der Waals surface area contributed by atoms with E-state index >= 15 is 0 Å². The number of ether oxygens (including phenoxy) is 1. The number of unbranched alkanes of at least 4 members (excludes halogenated alkanes) is 3. The fourth-order valence-corrected chi connectivity index (χ4v) is 4.04. The van der Waals surface area contributed by atoms with Gasteiger partial charge in [-0.3, -0.25) is 0 Å². The zero-order chi connectivity index (χ0) is 20.9. The van der Waals surface area contributed by atoms with E-state index in [-0.39, 0.29) is 6.61 Å². The second-order valence-corrected chi connectivity index (χ2v) is 7.77. The molecule has 0 amide bonds. The largest absolute Gasteiger partial charge is 0.505 e. The predicted octanol–water partition coefficient (Wildman–Crippen LogP) is 7.37. The van der Waals surface area contributed by atoms with Gasteiger partial charge < -0.3 is 9.84 Å². The molecule has 29 heavy (non-hydrogen) atoms. The molecule has 2 aromatic rings. The summed E-state index contributed by atoms with van der Waals surface area (Å²) in [6.07, 6.45) is 8.66. The maximum atomic E-state index is 10.6. The van der Waals surface area contributed by atoms with Crippen molar-refractivity contribution in [1.82, 2.24) is 0 Å². The SMILES string of the molecule is CCCCc1cccc(C(CCCCOC(=O)O)c2ccccc2)c1CCCC. The van der Waals surface area contributed by atoms with Crippen molar-refractivity contribution in [2.75, 3.05) is 6.61 Å². The standard InChI is InChI=1S/C26H36O3/c1-3-5-13-21-16-12-19-25(23(21)17-6-4-2)24(22-14-8-7-9-15-22)18-10-11-20-29-26(27)28/h7-9,12,14-16,19,24H,3-6,10-11,13,17-18,20H2,1-2H3,(H,27,28). The van der Waals surface area contributed by atoms with Crippen LogP contribution in [-0.2, 0) is 17.6 Å². The Morgan fingerprint density at radius 2 is 1.62 bits per heavy atom. The maximum absolute atomic E-state index is 10.6. The van der Waals surface area contributed by atoms with Gasteiger partial charge in [0.2, 0.25) is 0 Å². The van der Waals surface area contributed by atoms with Gasteiger partial charge in [-0.15, -0.1) is 0 Å². The zero-order valence-electron chi connectivity index (χ0n) is 18.0. The number of hydrogen-bond donors (Lipinski definition) is 1. The second-order valence-electron chi connectivity index (χ2n) is 7.77. The van der Waals surface area contributed by atoms with Crippen LogP contribution in [0.5, 0.6) is 0 Å². The molecule has 2 rings (SSSR count). The molecule has 3 nitrogen and oxygen atoms in total. The minimum atomic E-state index is -1.19. The molecule has 0 saturated heterocycles.